The summed E-state index contributed by atoms with van der Waals surface area (Å²) in [6.07, 6.45) is 0.811. The molecule has 3 aromatic rings. The summed E-state index contributed by atoms with van der Waals surface area (Å²) < 4.78 is 3.54. The summed E-state index contributed by atoms with van der Waals surface area (Å²) in [6, 6.07) is 3.70. The minimum atomic E-state index is -0.189. The van der Waals surface area contributed by atoms with Gasteiger partial charge in [-0.15, -0.1) is 21.5 Å². The first-order valence-corrected chi connectivity index (χ1v) is 7.98. The summed E-state index contributed by atoms with van der Waals surface area (Å²) >= 11 is 8.81. The van der Waals surface area contributed by atoms with Gasteiger partial charge in [0.1, 0.15) is 10.7 Å². The van der Waals surface area contributed by atoms with Crippen molar-refractivity contribution in [1.29, 1.82) is 0 Å². The second kappa shape index (κ2) is 5.16. The summed E-state index contributed by atoms with van der Waals surface area (Å²) in [5.41, 5.74) is 1.54. The normalized spacial score (nSPS) is 11.2. The van der Waals surface area contributed by atoms with E-state index in [4.69, 9.17) is 11.6 Å². The number of aromatic nitrogens is 3. The molecule has 0 atom stereocenters. The largest absolute Gasteiger partial charge is 0.339 e. The van der Waals surface area contributed by atoms with Gasteiger partial charge in [-0.1, -0.05) is 29.9 Å². The lowest BCUT2D eigenvalue weighted by atomic mass is 10.4. The maximum absolute atomic E-state index is 12.3. The first-order valence-electron chi connectivity index (χ1n) is 5.97. The number of fused-ring (bicyclic) bond motifs is 1. The molecule has 0 bridgehead atoms. The molecule has 3 heterocycles. The highest BCUT2D eigenvalue weighted by molar-refractivity contribution is 7.22. The van der Waals surface area contributed by atoms with Gasteiger partial charge in [-0.3, -0.25) is 10.1 Å². The molecule has 0 aliphatic rings. The Morgan fingerprint density at radius 3 is 2.85 bits per heavy atom. The molecule has 1 N–H and O–H groups in total. The number of rotatable bonds is 3. The van der Waals surface area contributed by atoms with Crippen LogP contribution in [0.3, 0.4) is 0 Å². The maximum atomic E-state index is 12.3. The van der Waals surface area contributed by atoms with Crippen molar-refractivity contribution in [1.82, 2.24) is 14.8 Å². The van der Waals surface area contributed by atoms with Gasteiger partial charge in [0.15, 0.2) is 0 Å². The first-order chi connectivity index (χ1) is 9.58. The summed E-state index contributed by atoms with van der Waals surface area (Å²) in [4.78, 5) is 12.3. The molecule has 8 heteroatoms. The van der Waals surface area contributed by atoms with Crippen LogP contribution in [0.5, 0.6) is 0 Å². The molecule has 0 aromatic carbocycles. The third-order valence-electron chi connectivity index (χ3n) is 2.92. The Hall–Kier alpha value is -1.44. The smallest absolute Gasteiger partial charge is 0.274 e. The molecule has 5 nitrogen and oxygen atoms in total. The third-order valence-corrected chi connectivity index (χ3v) is 5.11. The van der Waals surface area contributed by atoms with Crippen LogP contribution in [0.25, 0.3) is 10.2 Å². The Balaban J connectivity index is 1.88. The van der Waals surface area contributed by atoms with Gasteiger partial charge in [0.2, 0.25) is 5.13 Å². The van der Waals surface area contributed by atoms with Gasteiger partial charge in [0.25, 0.3) is 5.91 Å². The van der Waals surface area contributed by atoms with E-state index in [1.165, 1.54) is 22.7 Å². The average Bonchev–Trinajstić information content (AvgIpc) is 3.07. The summed E-state index contributed by atoms with van der Waals surface area (Å²) in [6.45, 7) is 2.00. The summed E-state index contributed by atoms with van der Waals surface area (Å²) in [7, 11) is 1.85. The Morgan fingerprint density at radius 2 is 2.20 bits per heavy atom. The number of hydrogen-bond acceptors (Lipinski definition) is 5. The lowest BCUT2D eigenvalue weighted by Crippen LogP contribution is -2.15. The zero-order valence-corrected chi connectivity index (χ0v) is 13.2. The van der Waals surface area contributed by atoms with Gasteiger partial charge in [-0.25, -0.2) is 0 Å². The number of amides is 1. The molecule has 0 aliphatic carbocycles. The molecule has 0 radical (unpaired) electrons. The standard InChI is InChI=1S/C12H11ClN4OS2/c1-3-10-15-16-12(20-10)14-11(18)7-4-8-6(17(7)2)5-9(13)19-8/h4-5H,3H2,1-2H3,(H,14,16,18). The van der Waals surface area contributed by atoms with Crippen molar-refractivity contribution in [2.75, 3.05) is 5.32 Å². The van der Waals surface area contributed by atoms with E-state index in [0.717, 1.165) is 21.6 Å². The second-order valence-corrected chi connectivity index (χ2v) is 6.97. The van der Waals surface area contributed by atoms with Crippen molar-refractivity contribution < 1.29 is 4.79 Å². The van der Waals surface area contributed by atoms with Crippen molar-refractivity contribution >= 4 is 55.5 Å². The fraction of sp³-hybridized carbons (Fsp3) is 0.250. The molecule has 0 saturated carbocycles. The van der Waals surface area contributed by atoms with Crippen LogP contribution in [0.4, 0.5) is 5.13 Å². The number of aryl methyl sites for hydroxylation is 2. The van der Waals surface area contributed by atoms with Crippen LogP contribution < -0.4 is 5.32 Å². The topological polar surface area (TPSA) is 59.8 Å². The molecule has 0 fully saturated rings. The van der Waals surface area contributed by atoms with E-state index in [9.17, 15) is 4.79 Å². The summed E-state index contributed by atoms with van der Waals surface area (Å²) in [5, 5.41) is 12.1. The second-order valence-electron chi connectivity index (χ2n) is 4.20. The van der Waals surface area contributed by atoms with Gasteiger partial charge in [0.05, 0.1) is 14.6 Å². The molecule has 0 unspecified atom stereocenters. The fourth-order valence-electron chi connectivity index (χ4n) is 1.91. The van der Waals surface area contributed by atoms with Crippen LogP contribution in [-0.2, 0) is 13.5 Å². The number of halogens is 1. The first kappa shape index (κ1) is 13.5. The molecule has 0 spiro atoms. The number of carbonyl (C=O) groups is 1. The van der Waals surface area contributed by atoms with Gasteiger partial charge >= 0.3 is 0 Å². The van der Waals surface area contributed by atoms with E-state index in [1.54, 1.807) is 0 Å². The minimum Gasteiger partial charge on any atom is -0.339 e. The quantitative estimate of drug-likeness (QED) is 0.800. The van der Waals surface area contributed by atoms with Crippen molar-refractivity contribution in [3.05, 3.63) is 27.2 Å². The zero-order chi connectivity index (χ0) is 14.3. The lowest BCUT2D eigenvalue weighted by Gasteiger charge is -2.02. The van der Waals surface area contributed by atoms with Crippen LogP contribution in [0, 0.1) is 0 Å². The van der Waals surface area contributed by atoms with Gasteiger partial charge in [-0.05, 0) is 18.6 Å². The molecule has 0 saturated heterocycles. The SMILES string of the molecule is CCc1nnc(NC(=O)c2cc3sc(Cl)cc3n2C)s1. The van der Waals surface area contributed by atoms with E-state index in [1.807, 2.05) is 30.7 Å². The van der Waals surface area contributed by atoms with E-state index in [-0.39, 0.29) is 5.91 Å². The van der Waals surface area contributed by atoms with Crippen molar-refractivity contribution in [3.8, 4) is 0 Å². The monoisotopic (exact) mass is 326 g/mol. The summed E-state index contributed by atoms with van der Waals surface area (Å²) in [5.74, 6) is -0.189. The van der Waals surface area contributed by atoms with Crippen LogP contribution in [0.2, 0.25) is 4.34 Å². The van der Waals surface area contributed by atoms with Crippen LogP contribution >= 0.6 is 34.3 Å². The number of nitrogens with zero attached hydrogens (tertiary/aromatic N) is 3. The van der Waals surface area contributed by atoms with E-state index >= 15 is 0 Å². The number of anilines is 1. The molecular formula is C12H11ClN4OS2. The third kappa shape index (κ3) is 2.32. The van der Waals surface area contributed by atoms with Gasteiger partial charge < -0.3 is 4.57 Å². The van der Waals surface area contributed by atoms with Gasteiger partial charge in [-0.2, -0.15) is 0 Å². The number of nitrogens with one attached hydrogen (secondary N) is 1. The minimum absolute atomic E-state index is 0.189. The Bertz CT molecular complexity index is 789. The van der Waals surface area contributed by atoms with Crippen LogP contribution in [0.1, 0.15) is 22.4 Å². The van der Waals surface area contributed by atoms with E-state index in [2.05, 4.69) is 15.5 Å². The average molecular weight is 327 g/mol. The van der Waals surface area contributed by atoms with E-state index < -0.39 is 0 Å². The Kier molecular flexibility index (Phi) is 3.49. The molecule has 1 amide bonds. The van der Waals surface area contributed by atoms with Crippen LogP contribution in [-0.4, -0.2) is 20.7 Å². The number of carbonyl (C=O) groups excluding carboxylic acids is 1. The molecule has 0 aliphatic heterocycles. The predicted molar refractivity (Wildman–Crippen MR) is 83.0 cm³/mol. The molecule has 104 valence electrons. The zero-order valence-electron chi connectivity index (χ0n) is 10.8. The van der Waals surface area contributed by atoms with E-state index in [0.29, 0.717) is 15.2 Å². The van der Waals surface area contributed by atoms with Crippen molar-refractivity contribution in [2.24, 2.45) is 7.05 Å². The molecule has 3 aromatic heterocycles. The molecule has 3 rings (SSSR count). The molecular weight excluding hydrogens is 316 g/mol. The Morgan fingerprint density at radius 1 is 1.40 bits per heavy atom. The Labute approximate surface area is 128 Å². The highest BCUT2D eigenvalue weighted by Gasteiger charge is 2.16. The predicted octanol–water partition coefficient (Wildman–Crippen LogP) is 3.56. The maximum Gasteiger partial charge on any atom is 0.274 e. The van der Waals surface area contributed by atoms with Crippen molar-refractivity contribution in [2.45, 2.75) is 13.3 Å². The highest BCUT2D eigenvalue weighted by atomic mass is 35.5. The molecule has 20 heavy (non-hydrogen) atoms. The van der Waals surface area contributed by atoms with Gasteiger partial charge in [0, 0.05) is 7.05 Å². The lowest BCUT2D eigenvalue weighted by molar-refractivity contribution is 0.101. The van der Waals surface area contributed by atoms with Crippen LogP contribution in [0.15, 0.2) is 12.1 Å². The highest BCUT2D eigenvalue weighted by Crippen LogP contribution is 2.31. The number of thiophene rings is 1. The fourth-order valence-corrected chi connectivity index (χ4v) is 3.79. The number of hydrogen-bond donors (Lipinski definition) is 1. The van der Waals surface area contributed by atoms with Crippen molar-refractivity contribution in [3.63, 3.8) is 0 Å².